The fraction of sp³-hybridized carbons (Fsp3) is 0.600. The third-order valence-electron chi connectivity index (χ3n) is 3.99. The summed E-state index contributed by atoms with van der Waals surface area (Å²) in [6, 6.07) is 6.45. The van der Waals surface area contributed by atoms with Crippen LogP contribution in [0, 0.1) is 5.92 Å². The predicted molar refractivity (Wildman–Crippen MR) is 74.5 cm³/mol. The van der Waals surface area contributed by atoms with Gasteiger partial charge in [-0.15, -0.1) is 0 Å². The van der Waals surface area contributed by atoms with Gasteiger partial charge in [-0.25, -0.2) is 0 Å². The van der Waals surface area contributed by atoms with Crippen molar-refractivity contribution in [1.29, 1.82) is 0 Å². The fourth-order valence-corrected chi connectivity index (χ4v) is 2.84. The third kappa shape index (κ3) is 2.69. The number of para-hydroxylation sites is 1. The first-order valence-electron chi connectivity index (χ1n) is 7.09. The van der Waals surface area contributed by atoms with Crippen molar-refractivity contribution in [3.8, 4) is 11.5 Å². The van der Waals surface area contributed by atoms with E-state index in [9.17, 15) is 0 Å². The van der Waals surface area contributed by atoms with Crippen LogP contribution in [0.3, 0.4) is 0 Å². The summed E-state index contributed by atoms with van der Waals surface area (Å²) in [5.74, 6) is 2.37. The van der Waals surface area contributed by atoms with Gasteiger partial charge >= 0.3 is 0 Å². The SMILES string of the molecule is CC1CN(Cc2cccc3c2OCCCO3)CC1N. The maximum atomic E-state index is 6.09. The van der Waals surface area contributed by atoms with Gasteiger partial charge in [0.2, 0.25) is 0 Å². The second kappa shape index (κ2) is 5.39. The molecule has 2 aliphatic heterocycles. The predicted octanol–water partition coefficient (Wildman–Crippen LogP) is 1.63. The van der Waals surface area contributed by atoms with Gasteiger partial charge in [0.25, 0.3) is 0 Å². The van der Waals surface area contributed by atoms with E-state index in [4.69, 9.17) is 15.2 Å². The van der Waals surface area contributed by atoms with Crippen LogP contribution in [0.1, 0.15) is 18.9 Å². The minimum absolute atomic E-state index is 0.291. The highest BCUT2D eigenvalue weighted by Crippen LogP contribution is 2.34. The van der Waals surface area contributed by atoms with Gasteiger partial charge in [-0.3, -0.25) is 4.90 Å². The van der Waals surface area contributed by atoms with E-state index >= 15 is 0 Å². The number of benzene rings is 1. The van der Waals surface area contributed by atoms with E-state index in [1.54, 1.807) is 0 Å². The van der Waals surface area contributed by atoms with Crippen molar-refractivity contribution in [3.05, 3.63) is 23.8 Å². The first-order chi connectivity index (χ1) is 9.24. The molecule has 1 aromatic rings. The van der Waals surface area contributed by atoms with Crippen molar-refractivity contribution in [2.45, 2.75) is 25.9 Å². The van der Waals surface area contributed by atoms with Gasteiger partial charge in [0, 0.05) is 37.7 Å². The Bertz CT molecular complexity index is 440. The Morgan fingerprint density at radius 1 is 1.26 bits per heavy atom. The lowest BCUT2D eigenvalue weighted by atomic mass is 10.1. The van der Waals surface area contributed by atoms with E-state index in [1.807, 2.05) is 12.1 Å². The van der Waals surface area contributed by atoms with E-state index in [-0.39, 0.29) is 0 Å². The highest BCUT2D eigenvalue weighted by atomic mass is 16.5. The average molecular weight is 262 g/mol. The molecule has 0 aromatic heterocycles. The van der Waals surface area contributed by atoms with E-state index in [2.05, 4.69) is 17.9 Å². The second-order valence-electron chi connectivity index (χ2n) is 5.63. The van der Waals surface area contributed by atoms with Crippen LogP contribution in [-0.2, 0) is 6.54 Å². The molecule has 4 nitrogen and oxygen atoms in total. The zero-order valence-electron chi connectivity index (χ0n) is 11.5. The lowest BCUT2D eigenvalue weighted by molar-refractivity contribution is 0.287. The lowest BCUT2D eigenvalue weighted by Crippen LogP contribution is -2.28. The summed E-state index contributed by atoms with van der Waals surface area (Å²) in [6.45, 7) is 6.61. The van der Waals surface area contributed by atoms with Gasteiger partial charge in [-0.1, -0.05) is 19.1 Å². The molecule has 2 N–H and O–H groups in total. The molecule has 1 fully saturated rings. The molecule has 0 spiro atoms. The first kappa shape index (κ1) is 12.8. The van der Waals surface area contributed by atoms with Crippen molar-refractivity contribution >= 4 is 0 Å². The van der Waals surface area contributed by atoms with Crippen LogP contribution in [0.15, 0.2) is 18.2 Å². The van der Waals surface area contributed by atoms with Crippen LogP contribution in [0.5, 0.6) is 11.5 Å². The maximum Gasteiger partial charge on any atom is 0.165 e. The average Bonchev–Trinajstić information content (AvgIpc) is 2.62. The zero-order chi connectivity index (χ0) is 13.2. The summed E-state index contributed by atoms with van der Waals surface area (Å²) in [5.41, 5.74) is 7.30. The molecule has 1 saturated heterocycles. The Balaban J connectivity index is 1.78. The van der Waals surface area contributed by atoms with Crippen LogP contribution < -0.4 is 15.2 Å². The number of nitrogens with two attached hydrogens (primary N) is 1. The van der Waals surface area contributed by atoms with Gasteiger partial charge in [-0.05, 0) is 12.0 Å². The van der Waals surface area contributed by atoms with Crippen molar-refractivity contribution in [1.82, 2.24) is 4.90 Å². The largest absolute Gasteiger partial charge is 0.490 e. The summed E-state index contributed by atoms with van der Waals surface area (Å²) >= 11 is 0. The summed E-state index contributed by atoms with van der Waals surface area (Å²) in [6.07, 6.45) is 0.944. The van der Waals surface area contributed by atoms with Gasteiger partial charge < -0.3 is 15.2 Å². The van der Waals surface area contributed by atoms with Crippen LogP contribution >= 0.6 is 0 Å². The van der Waals surface area contributed by atoms with Crippen molar-refractivity contribution < 1.29 is 9.47 Å². The Morgan fingerprint density at radius 3 is 2.89 bits per heavy atom. The zero-order valence-corrected chi connectivity index (χ0v) is 11.5. The highest BCUT2D eigenvalue weighted by molar-refractivity contribution is 5.47. The standard InChI is InChI=1S/C15H22N2O2/c1-11-8-17(10-13(11)16)9-12-4-2-5-14-15(12)19-7-3-6-18-14/h2,4-5,11,13H,3,6-10,16H2,1H3. The number of ether oxygens (including phenoxy) is 2. The molecule has 0 bridgehead atoms. The van der Waals surface area contributed by atoms with Crippen LogP contribution in [0.25, 0.3) is 0 Å². The van der Waals surface area contributed by atoms with Gasteiger partial charge in [0.1, 0.15) is 0 Å². The molecular formula is C15H22N2O2. The summed E-state index contributed by atoms with van der Waals surface area (Å²) in [5, 5.41) is 0. The molecule has 0 amide bonds. The molecule has 2 heterocycles. The van der Waals surface area contributed by atoms with E-state index in [0.717, 1.165) is 50.8 Å². The quantitative estimate of drug-likeness (QED) is 0.880. The smallest absolute Gasteiger partial charge is 0.165 e. The van der Waals surface area contributed by atoms with Crippen molar-refractivity contribution in [2.75, 3.05) is 26.3 Å². The number of likely N-dealkylation sites (tertiary alicyclic amines) is 1. The molecule has 4 heteroatoms. The maximum absolute atomic E-state index is 6.09. The van der Waals surface area contributed by atoms with Gasteiger partial charge in [0.05, 0.1) is 13.2 Å². The normalized spacial score (nSPS) is 27.3. The highest BCUT2D eigenvalue weighted by Gasteiger charge is 2.27. The number of nitrogens with zero attached hydrogens (tertiary/aromatic N) is 1. The Kier molecular flexibility index (Phi) is 3.62. The fourth-order valence-electron chi connectivity index (χ4n) is 2.84. The topological polar surface area (TPSA) is 47.7 Å². The van der Waals surface area contributed by atoms with Gasteiger partial charge in [-0.2, -0.15) is 0 Å². The Hall–Kier alpha value is -1.26. The molecular weight excluding hydrogens is 240 g/mol. The molecule has 0 saturated carbocycles. The second-order valence-corrected chi connectivity index (χ2v) is 5.63. The van der Waals surface area contributed by atoms with Crippen molar-refractivity contribution in [3.63, 3.8) is 0 Å². The number of hydrogen-bond acceptors (Lipinski definition) is 4. The number of fused-ring (bicyclic) bond motifs is 1. The molecule has 1 aromatic carbocycles. The minimum Gasteiger partial charge on any atom is -0.490 e. The molecule has 0 aliphatic carbocycles. The Labute approximate surface area is 114 Å². The van der Waals surface area contributed by atoms with Crippen LogP contribution in [0.4, 0.5) is 0 Å². The molecule has 3 rings (SSSR count). The minimum atomic E-state index is 0.291. The lowest BCUT2D eigenvalue weighted by Gasteiger charge is -2.18. The number of rotatable bonds is 2. The van der Waals surface area contributed by atoms with Crippen molar-refractivity contribution in [2.24, 2.45) is 11.7 Å². The summed E-state index contributed by atoms with van der Waals surface area (Å²) in [4.78, 5) is 2.40. The third-order valence-corrected chi connectivity index (χ3v) is 3.99. The van der Waals surface area contributed by atoms with E-state index in [1.165, 1.54) is 5.56 Å². The summed E-state index contributed by atoms with van der Waals surface area (Å²) in [7, 11) is 0. The molecule has 104 valence electrons. The summed E-state index contributed by atoms with van der Waals surface area (Å²) < 4.78 is 11.6. The first-order valence-corrected chi connectivity index (χ1v) is 7.09. The molecule has 19 heavy (non-hydrogen) atoms. The molecule has 0 radical (unpaired) electrons. The van der Waals surface area contributed by atoms with Crippen LogP contribution in [-0.4, -0.2) is 37.2 Å². The molecule has 2 aliphatic rings. The van der Waals surface area contributed by atoms with Gasteiger partial charge in [0.15, 0.2) is 11.5 Å². The monoisotopic (exact) mass is 262 g/mol. The molecule has 2 unspecified atom stereocenters. The molecule has 2 atom stereocenters. The van der Waals surface area contributed by atoms with E-state index < -0.39 is 0 Å². The van der Waals surface area contributed by atoms with Crippen LogP contribution in [0.2, 0.25) is 0 Å². The Morgan fingerprint density at radius 2 is 2.11 bits per heavy atom. The number of hydrogen-bond donors (Lipinski definition) is 1. The van der Waals surface area contributed by atoms with E-state index in [0.29, 0.717) is 12.0 Å².